The third-order valence-electron chi connectivity index (χ3n) is 5.75. The van der Waals surface area contributed by atoms with Gasteiger partial charge < -0.3 is 23.6 Å². The van der Waals surface area contributed by atoms with Crippen molar-refractivity contribution in [3.8, 4) is 22.9 Å². The molecule has 0 unspecified atom stereocenters. The molecule has 34 heavy (non-hydrogen) atoms. The number of carbonyl (C=O) groups is 2. The van der Waals surface area contributed by atoms with E-state index < -0.39 is 12.1 Å². The molecule has 0 bridgehead atoms. The van der Waals surface area contributed by atoms with Crippen molar-refractivity contribution in [1.29, 1.82) is 0 Å². The third-order valence-corrected chi connectivity index (χ3v) is 5.75. The molecule has 0 spiro atoms. The predicted molar refractivity (Wildman–Crippen MR) is 122 cm³/mol. The third kappa shape index (κ3) is 5.19. The minimum absolute atomic E-state index is 0.0218. The summed E-state index contributed by atoms with van der Waals surface area (Å²) in [7, 11) is 3.11. The quantitative estimate of drug-likeness (QED) is 0.467. The Morgan fingerprint density at radius 1 is 1.09 bits per heavy atom. The van der Waals surface area contributed by atoms with Gasteiger partial charge in [-0.25, -0.2) is 0 Å². The minimum atomic E-state index is -0.859. The normalized spacial score (nSPS) is 13.7. The van der Waals surface area contributed by atoms with Crippen LogP contribution < -0.4 is 9.47 Å². The van der Waals surface area contributed by atoms with Crippen LogP contribution >= 0.6 is 0 Å². The van der Waals surface area contributed by atoms with Crippen molar-refractivity contribution in [2.75, 3.05) is 20.8 Å². The molecule has 9 nitrogen and oxygen atoms in total. The molecule has 0 radical (unpaired) electrons. The molecule has 1 aliphatic heterocycles. The van der Waals surface area contributed by atoms with Crippen LogP contribution in [0.3, 0.4) is 0 Å². The summed E-state index contributed by atoms with van der Waals surface area (Å²) in [6.07, 6.45) is 0.163. The van der Waals surface area contributed by atoms with Crippen LogP contribution in [0, 0.1) is 0 Å². The molecule has 0 fully saturated rings. The Hall–Kier alpha value is -3.88. The molecule has 0 saturated carbocycles. The molecule has 1 atom stereocenters. The van der Waals surface area contributed by atoms with E-state index >= 15 is 0 Å². The second-order valence-corrected chi connectivity index (χ2v) is 7.99. The number of hydrogen-bond donors (Lipinski definition) is 0. The fraction of sp³-hybridized carbons (Fsp3) is 0.360. The summed E-state index contributed by atoms with van der Waals surface area (Å²) >= 11 is 0. The average Bonchev–Trinajstić information content (AvgIpc) is 3.35. The first-order chi connectivity index (χ1) is 16.5. The summed E-state index contributed by atoms with van der Waals surface area (Å²) in [5.74, 6) is 1.12. The molecular formula is C25H27N3O6. The number of benzene rings is 2. The van der Waals surface area contributed by atoms with E-state index in [1.807, 2.05) is 18.2 Å². The number of aryl methyl sites for hydroxylation is 1. The van der Waals surface area contributed by atoms with Crippen LogP contribution in [0.1, 0.15) is 30.4 Å². The van der Waals surface area contributed by atoms with Gasteiger partial charge in [0.2, 0.25) is 11.7 Å². The molecule has 4 rings (SSSR count). The highest BCUT2D eigenvalue weighted by molar-refractivity contribution is 5.83. The molecule has 3 aromatic rings. The highest BCUT2D eigenvalue weighted by atomic mass is 16.5. The van der Waals surface area contributed by atoms with Crippen molar-refractivity contribution in [3.05, 3.63) is 59.5 Å². The first kappa shape index (κ1) is 23.3. The maximum Gasteiger partial charge on any atom is 0.307 e. The van der Waals surface area contributed by atoms with Gasteiger partial charge in [0.15, 0.2) is 17.6 Å². The average molecular weight is 466 g/mol. The van der Waals surface area contributed by atoms with Crippen LogP contribution in [0.15, 0.2) is 47.0 Å². The number of aromatic nitrogens is 2. The van der Waals surface area contributed by atoms with Gasteiger partial charge in [0.25, 0.3) is 5.91 Å². The summed E-state index contributed by atoms with van der Waals surface area (Å²) in [5, 5.41) is 3.97. The SMILES string of the molecule is COc1ccc(-c2noc(CCC(=O)O[C@@H](C)C(=O)N3CCc4ccccc4C3)n2)cc1OC. The zero-order chi connectivity index (χ0) is 24.1. The molecule has 1 aliphatic rings. The smallest absolute Gasteiger partial charge is 0.307 e. The lowest BCUT2D eigenvalue weighted by molar-refractivity contribution is -0.159. The van der Waals surface area contributed by atoms with E-state index in [2.05, 4.69) is 16.2 Å². The van der Waals surface area contributed by atoms with E-state index in [0.29, 0.717) is 41.9 Å². The Labute approximate surface area is 197 Å². The molecule has 1 aromatic heterocycles. The van der Waals surface area contributed by atoms with Crippen LogP contribution in [0.2, 0.25) is 0 Å². The van der Waals surface area contributed by atoms with Crippen molar-refractivity contribution >= 4 is 11.9 Å². The number of amides is 1. The van der Waals surface area contributed by atoms with Gasteiger partial charge in [-0.1, -0.05) is 29.4 Å². The highest BCUT2D eigenvalue weighted by Gasteiger charge is 2.27. The van der Waals surface area contributed by atoms with E-state index in [1.165, 1.54) is 5.56 Å². The molecule has 0 aliphatic carbocycles. The fourth-order valence-corrected chi connectivity index (χ4v) is 3.91. The van der Waals surface area contributed by atoms with Crippen LogP contribution in [-0.4, -0.2) is 53.8 Å². The van der Waals surface area contributed by atoms with Gasteiger partial charge in [0.05, 0.1) is 20.6 Å². The molecule has 1 amide bonds. The summed E-state index contributed by atoms with van der Waals surface area (Å²) in [6.45, 7) is 2.74. The molecule has 2 aromatic carbocycles. The largest absolute Gasteiger partial charge is 0.493 e. The summed E-state index contributed by atoms with van der Waals surface area (Å²) in [6, 6.07) is 13.3. The van der Waals surface area contributed by atoms with Crippen molar-refractivity contribution in [2.45, 2.75) is 38.8 Å². The lowest BCUT2D eigenvalue weighted by Crippen LogP contribution is -2.42. The van der Waals surface area contributed by atoms with Crippen molar-refractivity contribution < 1.29 is 28.3 Å². The fourth-order valence-electron chi connectivity index (χ4n) is 3.91. The standard InChI is InChI=1S/C25H27N3O6/c1-16(25(30)28-13-12-17-6-4-5-7-19(17)15-28)33-23(29)11-10-22-26-24(27-34-22)18-8-9-20(31-2)21(14-18)32-3/h4-9,14,16H,10-13,15H2,1-3H3/t16-/m0/s1. The minimum Gasteiger partial charge on any atom is -0.493 e. The van der Waals surface area contributed by atoms with Crippen molar-refractivity contribution in [3.63, 3.8) is 0 Å². The number of fused-ring (bicyclic) bond motifs is 1. The molecule has 0 saturated heterocycles. The Balaban J connectivity index is 1.29. The van der Waals surface area contributed by atoms with Crippen molar-refractivity contribution in [2.24, 2.45) is 0 Å². The summed E-state index contributed by atoms with van der Waals surface area (Å²) in [4.78, 5) is 31.2. The Bertz CT molecular complexity index is 1170. The van der Waals surface area contributed by atoms with Gasteiger partial charge in [-0.15, -0.1) is 0 Å². The summed E-state index contributed by atoms with van der Waals surface area (Å²) in [5.41, 5.74) is 3.07. The number of esters is 1. The van der Waals surface area contributed by atoms with Gasteiger partial charge in [-0.05, 0) is 42.7 Å². The number of nitrogens with zero attached hydrogens (tertiary/aromatic N) is 3. The van der Waals surface area contributed by atoms with Crippen LogP contribution in [0.25, 0.3) is 11.4 Å². The maximum atomic E-state index is 12.8. The molecule has 0 N–H and O–H groups in total. The van der Waals surface area contributed by atoms with Gasteiger partial charge in [0, 0.05) is 25.1 Å². The van der Waals surface area contributed by atoms with Gasteiger partial charge in [-0.2, -0.15) is 4.98 Å². The number of hydrogen-bond acceptors (Lipinski definition) is 8. The topological polar surface area (TPSA) is 104 Å². The number of ether oxygens (including phenoxy) is 3. The lowest BCUT2D eigenvalue weighted by Gasteiger charge is -2.30. The Morgan fingerprint density at radius 2 is 1.85 bits per heavy atom. The van der Waals surface area contributed by atoms with Crippen LogP contribution in [0.5, 0.6) is 11.5 Å². The first-order valence-electron chi connectivity index (χ1n) is 11.1. The van der Waals surface area contributed by atoms with Crippen molar-refractivity contribution in [1.82, 2.24) is 15.0 Å². The monoisotopic (exact) mass is 465 g/mol. The zero-order valence-electron chi connectivity index (χ0n) is 19.4. The molecule has 9 heteroatoms. The summed E-state index contributed by atoms with van der Waals surface area (Å²) < 4.78 is 21.2. The number of carbonyl (C=O) groups excluding carboxylic acids is 2. The van der Waals surface area contributed by atoms with E-state index in [0.717, 1.165) is 12.0 Å². The second kappa shape index (κ2) is 10.4. The maximum absolute atomic E-state index is 12.8. The van der Waals surface area contributed by atoms with E-state index in [4.69, 9.17) is 18.7 Å². The van der Waals surface area contributed by atoms with E-state index in [1.54, 1.807) is 44.2 Å². The van der Waals surface area contributed by atoms with Gasteiger partial charge in [-0.3, -0.25) is 9.59 Å². The lowest BCUT2D eigenvalue weighted by atomic mass is 9.99. The Kier molecular flexibility index (Phi) is 7.10. The number of rotatable bonds is 8. The van der Waals surface area contributed by atoms with Gasteiger partial charge in [0.1, 0.15) is 0 Å². The molecular weight excluding hydrogens is 438 g/mol. The predicted octanol–water partition coefficient (Wildman–Crippen LogP) is 3.20. The second-order valence-electron chi connectivity index (χ2n) is 7.99. The zero-order valence-corrected chi connectivity index (χ0v) is 19.4. The van der Waals surface area contributed by atoms with Crippen LogP contribution in [0.4, 0.5) is 0 Å². The van der Waals surface area contributed by atoms with E-state index in [-0.39, 0.29) is 18.7 Å². The highest BCUT2D eigenvalue weighted by Crippen LogP contribution is 2.31. The first-order valence-corrected chi connectivity index (χ1v) is 11.1. The molecule has 178 valence electrons. The van der Waals surface area contributed by atoms with Gasteiger partial charge >= 0.3 is 5.97 Å². The van der Waals surface area contributed by atoms with E-state index in [9.17, 15) is 9.59 Å². The Morgan fingerprint density at radius 3 is 2.62 bits per heavy atom. The molecule has 2 heterocycles. The number of methoxy groups -OCH3 is 2. The van der Waals surface area contributed by atoms with Crippen LogP contribution in [-0.2, 0) is 33.7 Å².